The van der Waals surface area contributed by atoms with Gasteiger partial charge in [-0.2, -0.15) is 0 Å². The quantitative estimate of drug-likeness (QED) is 0.587. The van der Waals surface area contributed by atoms with Gasteiger partial charge < -0.3 is 9.97 Å². The van der Waals surface area contributed by atoms with E-state index >= 15 is 0 Å². The molecule has 0 atom stereocenters. The summed E-state index contributed by atoms with van der Waals surface area (Å²) in [6.07, 6.45) is 4.98. The van der Waals surface area contributed by atoms with Crippen molar-refractivity contribution in [2.24, 2.45) is 0 Å². The number of aryl methyl sites for hydroxylation is 1. The summed E-state index contributed by atoms with van der Waals surface area (Å²) in [6.45, 7) is 1.99. The van der Waals surface area contributed by atoms with Gasteiger partial charge in [0.05, 0.1) is 16.2 Å². The topological polar surface area (TPSA) is 87.3 Å². The second-order valence-electron chi connectivity index (χ2n) is 5.44. The molecule has 4 heterocycles. The number of aromatic amines is 2. The minimum atomic E-state index is -0.138. The van der Waals surface area contributed by atoms with Crippen molar-refractivity contribution < 1.29 is 0 Å². The molecule has 7 heteroatoms. The van der Waals surface area contributed by atoms with E-state index in [2.05, 4.69) is 24.9 Å². The number of nitrogens with zero attached hydrogens (tertiary/aromatic N) is 3. The molecular weight excluding hydrogens is 326 g/mol. The van der Waals surface area contributed by atoms with E-state index in [1.165, 1.54) is 6.07 Å². The highest BCUT2D eigenvalue weighted by Crippen LogP contribution is 2.26. The van der Waals surface area contributed by atoms with E-state index in [1.807, 2.05) is 13.0 Å². The maximum Gasteiger partial charge on any atom is 0.247 e. The van der Waals surface area contributed by atoms with Crippen LogP contribution in [0.4, 0.5) is 0 Å². The number of pyridine rings is 3. The van der Waals surface area contributed by atoms with Crippen LogP contribution in [0.3, 0.4) is 0 Å². The molecule has 4 aromatic heterocycles. The third-order valence-electron chi connectivity index (χ3n) is 3.75. The molecule has 24 heavy (non-hydrogen) atoms. The Morgan fingerprint density at radius 1 is 1.12 bits per heavy atom. The van der Waals surface area contributed by atoms with Gasteiger partial charge in [-0.3, -0.25) is 9.78 Å². The zero-order valence-corrected chi connectivity index (χ0v) is 13.4. The lowest BCUT2D eigenvalue weighted by molar-refractivity contribution is 1.20. The minimum Gasteiger partial charge on any atom is -0.336 e. The highest BCUT2D eigenvalue weighted by Gasteiger charge is 2.11. The summed E-state index contributed by atoms with van der Waals surface area (Å²) in [5.74, 6) is 0.692. The number of nitrogens with one attached hydrogen (secondary N) is 2. The van der Waals surface area contributed by atoms with E-state index in [-0.39, 0.29) is 5.56 Å². The Kier molecular flexibility index (Phi) is 3.39. The fraction of sp³-hybridized carbons (Fsp3) is 0.0588. The molecule has 6 nitrogen and oxygen atoms in total. The second kappa shape index (κ2) is 5.58. The fourth-order valence-electron chi connectivity index (χ4n) is 2.53. The summed E-state index contributed by atoms with van der Waals surface area (Å²) in [6, 6.07) is 6.97. The average molecular weight is 338 g/mol. The zero-order chi connectivity index (χ0) is 16.7. The van der Waals surface area contributed by atoms with Gasteiger partial charge in [-0.15, -0.1) is 0 Å². The first kappa shape index (κ1) is 14.6. The smallest absolute Gasteiger partial charge is 0.247 e. The lowest BCUT2D eigenvalue weighted by Crippen LogP contribution is -2.02. The molecule has 2 N–H and O–H groups in total. The van der Waals surface area contributed by atoms with Gasteiger partial charge in [0.1, 0.15) is 5.82 Å². The Bertz CT molecular complexity index is 1100. The van der Waals surface area contributed by atoms with Gasteiger partial charge in [-0.25, -0.2) is 9.97 Å². The molecule has 4 aromatic rings. The number of H-pyrrole nitrogens is 2. The number of rotatable bonds is 2. The Hall–Kier alpha value is -2.99. The fourth-order valence-corrected chi connectivity index (χ4v) is 2.69. The summed E-state index contributed by atoms with van der Waals surface area (Å²) >= 11 is 5.96. The van der Waals surface area contributed by atoms with Crippen molar-refractivity contribution in [1.29, 1.82) is 0 Å². The number of hydrogen-bond acceptors (Lipinski definition) is 4. The molecule has 0 spiro atoms. The van der Waals surface area contributed by atoms with Crippen LogP contribution in [-0.2, 0) is 0 Å². The molecule has 0 aliphatic carbocycles. The molecule has 0 bridgehead atoms. The molecule has 0 aliphatic rings. The van der Waals surface area contributed by atoms with Gasteiger partial charge in [0.2, 0.25) is 5.56 Å². The molecule has 0 amide bonds. The monoisotopic (exact) mass is 337 g/mol. The minimum absolute atomic E-state index is 0.138. The first-order valence-corrected chi connectivity index (χ1v) is 7.65. The van der Waals surface area contributed by atoms with Crippen LogP contribution in [0.15, 0.2) is 47.7 Å². The standard InChI is InChI=1S/C17H12ClN5O/c1-9-4-13(10-2-3-15(24)20-6-10)19-8-12(9)16-22-14-5-11(18)7-21-17(14)23-16/h2-8H,1H3,(H,20,24)(H,21,22,23). The molecular formula is C17H12ClN5O. The summed E-state index contributed by atoms with van der Waals surface area (Å²) in [5.41, 5.74) is 4.78. The lowest BCUT2D eigenvalue weighted by Gasteiger charge is -2.05. The van der Waals surface area contributed by atoms with Gasteiger partial charge >= 0.3 is 0 Å². The Balaban J connectivity index is 1.78. The Morgan fingerprint density at radius 3 is 2.75 bits per heavy atom. The molecule has 0 radical (unpaired) electrons. The van der Waals surface area contributed by atoms with Crippen molar-refractivity contribution in [3.05, 3.63) is 63.8 Å². The average Bonchev–Trinajstić information content (AvgIpc) is 2.98. The molecule has 0 aliphatic heterocycles. The number of halogens is 1. The molecule has 0 fully saturated rings. The van der Waals surface area contributed by atoms with Crippen molar-refractivity contribution in [2.75, 3.05) is 0 Å². The van der Waals surface area contributed by atoms with Crippen LogP contribution < -0.4 is 5.56 Å². The summed E-state index contributed by atoms with van der Waals surface area (Å²) in [5, 5.41) is 0.556. The largest absolute Gasteiger partial charge is 0.336 e. The molecule has 4 rings (SSSR count). The predicted molar refractivity (Wildman–Crippen MR) is 92.9 cm³/mol. The van der Waals surface area contributed by atoms with Crippen LogP contribution in [0.5, 0.6) is 0 Å². The molecule has 0 unspecified atom stereocenters. The normalized spacial score (nSPS) is 11.1. The van der Waals surface area contributed by atoms with Crippen molar-refractivity contribution in [3.63, 3.8) is 0 Å². The van der Waals surface area contributed by atoms with Crippen LogP contribution >= 0.6 is 11.6 Å². The van der Waals surface area contributed by atoms with E-state index in [0.29, 0.717) is 16.5 Å². The zero-order valence-electron chi connectivity index (χ0n) is 12.7. The summed E-state index contributed by atoms with van der Waals surface area (Å²) in [7, 11) is 0. The van der Waals surface area contributed by atoms with Crippen LogP contribution in [0.1, 0.15) is 5.56 Å². The summed E-state index contributed by atoms with van der Waals surface area (Å²) in [4.78, 5) is 30.2. The molecule has 0 saturated carbocycles. The third kappa shape index (κ3) is 2.57. The number of fused-ring (bicyclic) bond motifs is 1. The number of aromatic nitrogens is 5. The van der Waals surface area contributed by atoms with Gasteiger partial charge in [0, 0.05) is 35.8 Å². The molecule has 118 valence electrons. The lowest BCUT2D eigenvalue weighted by atomic mass is 10.1. The SMILES string of the molecule is Cc1cc(-c2ccc(=O)[nH]c2)ncc1-c1nc2ncc(Cl)cc2[nH]1. The van der Waals surface area contributed by atoms with Gasteiger partial charge in [-0.1, -0.05) is 11.6 Å². The van der Waals surface area contributed by atoms with E-state index in [1.54, 1.807) is 30.7 Å². The molecule has 0 saturated heterocycles. The number of hydrogen-bond donors (Lipinski definition) is 2. The molecule has 0 aromatic carbocycles. The van der Waals surface area contributed by atoms with Crippen molar-refractivity contribution in [3.8, 4) is 22.6 Å². The van der Waals surface area contributed by atoms with Crippen molar-refractivity contribution >= 4 is 22.8 Å². The highest BCUT2D eigenvalue weighted by molar-refractivity contribution is 6.31. The van der Waals surface area contributed by atoms with Crippen LogP contribution in [0.2, 0.25) is 5.02 Å². The van der Waals surface area contributed by atoms with E-state index in [9.17, 15) is 4.79 Å². The van der Waals surface area contributed by atoms with Crippen LogP contribution in [0, 0.1) is 6.92 Å². The first-order chi connectivity index (χ1) is 11.6. The van der Waals surface area contributed by atoms with Crippen LogP contribution in [0.25, 0.3) is 33.8 Å². The Morgan fingerprint density at radius 2 is 2.00 bits per heavy atom. The number of imidazole rings is 1. The second-order valence-corrected chi connectivity index (χ2v) is 5.87. The Labute approximate surface area is 141 Å². The summed E-state index contributed by atoms with van der Waals surface area (Å²) < 4.78 is 0. The van der Waals surface area contributed by atoms with Gasteiger partial charge in [0.15, 0.2) is 5.65 Å². The third-order valence-corrected chi connectivity index (χ3v) is 3.96. The first-order valence-electron chi connectivity index (χ1n) is 7.27. The predicted octanol–water partition coefficient (Wildman–Crippen LogP) is 3.34. The van der Waals surface area contributed by atoms with E-state index < -0.39 is 0 Å². The van der Waals surface area contributed by atoms with Gasteiger partial charge in [0.25, 0.3) is 0 Å². The highest BCUT2D eigenvalue weighted by atomic mass is 35.5. The van der Waals surface area contributed by atoms with Crippen molar-refractivity contribution in [1.82, 2.24) is 24.9 Å². The van der Waals surface area contributed by atoms with Crippen molar-refractivity contribution in [2.45, 2.75) is 6.92 Å². The van der Waals surface area contributed by atoms with E-state index in [4.69, 9.17) is 11.6 Å². The maximum atomic E-state index is 11.2. The van der Waals surface area contributed by atoms with Crippen LogP contribution in [-0.4, -0.2) is 24.9 Å². The van der Waals surface area contributed by atoms with Gasteiger partial charge in [-0.05, 0) is 30.7 Å². The maximum absolute atomic E-state index is 11.2. The van der Waals surface area contributed by atoms with E-state index in [0.717, 1.165) is 27.9 Å².